The van der Waals surface area contributed by atoms with Crippen LogP contribution in [0.15, 0.2) is 15.9 Å². The van der Waals surface area contributed by atoms with Gasteiger partial charge in [0.05, 0.1) is 0 Å². The van der Waals surface area contributed by atoms with E-state index in [2.05, 4.69) is 27.4 Å². The molecule has 0 atom stereocenters. The summed E-state index contributed by atoms with van der Waals surface area (Å²) in [5, 5.41) is 2.10. The Bertz CT molecular complexity index is 280. The minimum atomic E-state index is 0.298. The molecule has 0 N–H and O–H groups in total. The van der Waals surface area contributed by atoms with E-state index < -0.39 is 0 Å². The maximum absolute atomic E-state index is 10.7. The Morgan fingerprint density at radius 2 is 2.31 bits per heavy atom. The number of unbranched alkanes of at least 4 members (excludes halogenated alkanes) is 1. The molecule has 0 saturated carbocycles. The Morgan fingerprint density at radius 3 is 2.85 bits per heavy atom. The molecule has 1 aromatic rings. The molecule has 0 aliphatic rings. The third-order valence-electron chi connectivity index (χ3n) is 1.82. The summed E-state index contributed by atoms with van der Waals surface area (Å²) in [6, 6.07) is 2.15. The molecule has 1 nitrogen and oxygen atoms in total. The number of ketones is 1. The van der Waals surface area contributed by atoms with Gasteiger partial charge in [0, 0.05) is 21.2 Å². The first-order valence-corrected chi connectivity index (χ1v) is 6.08. The molecule has 0 bridgehead atoms. The number of thiophene rings is 1. The van der Waals surface area contributed by atoms with Crippen molar-refractivity contribution in [3.63, 3.8) is 0 Å². The highest BCUT2D eigenvalue weighted by Crippen LogP contribution is 2.21. The van der Waals surface area contributed by atoms with Gasteiger partial charge in [-0.15, -0.1) is 11.3 Å². The molecule has 0 aromatic carbocycles. The fourth-order valence-electron chi connectivity index (χ4n) is 1.16. The van der Waals surface area contributed by atoms with E-state index >= 15 is 0 Å². The van der Waals surface area contributed by atoms with Crippen LogP contribution >= 0.6 is 27.3 Å². The van der Waals surface area contributed by atoms with Crippen LogP contribution in [-0.2, 0) is 11.2 Å². The van der Waals surface area contributed by atoms with Crippen molar-refractivity contribution in [2.75, 3.05) is 0 Å². The number of hydrogen-bond donors (Lipinski definition) is 0. The summed E-state index contributed by atoms with van der Waals surface area (Å²) < 4.78 is 1.17. The Balaban J connectivity index is 2.16. The minimum Gasteiger partial charge on any atom is -0.300 e. The topological polar surface area (TPSA) is 17.1 Å². The quantitative estimate of drug-likeness (QED) is 0.736. The molecule has 0 fully saturated rings. The zero-order valence-corrected chi connectivity index (χ0v) is 10.1. The third-order valence-corrected chi connectivity index (χ3v) is 3.58. The lowest BCUT2D eigenvalue weighted by molar-refractivity contribution is -0.117. The Labute approximate surface area is 91.3 Å². The fourth-order valence-corrected chi connectivity index (χ4v) is 2.66. The van der Waals surface area contributed by atoms with Crippen LogP contribution in [0.25, 0.3) is 0 Å². The highest BCUT2D eigenvalue weighted by atomic mass is 79.9. The van der Waals surface area contributed by atoms with Crippen molar-refractivity contribution in [2.45, 2.75) is 32.6 Å². The van der Waals surface area contributed by atoms with E-state index in [4.69, 9.17) is 0 Å². The van der Waals surface area contributed by atoms with Crippen molar-refractivity contribution < 1.29 is 4.79 Å². The predicted molar refractivity (Wildman–Crippen MR) is 60.3 cm³/mol. The van der Waals surface area contributed by atoms with E-state index in [0.717, 1.165) is 25.7 Å². The number of carbonyl (C=O) groups is 1. The number of carbonyl (C=O) groups excluding carboxylic acids is 1. The average Bonchev–Trinajstić information content (AvgIpc) is 2.45. The van der Waals surface area contributed by atoms with Gasteiger partial charge in [0.2, 0.25) is 0 Å². The molecule has 1 heterocycles. The first-order chi connectivity index (χ1) is 6.18. The summed E-state index contributed by atoms with van der Waals surface area (Å²) in [6.45, 7) is 1.65. The fraction of sp³-hybridized carbons (Fsp3) is 0.500. The lowest BCUT2D eigenvalue weighted by Gasteiger charge is -1.95. The summed E-state index contributed by atoms with van der Waals surface area (Å²) >= 11 is 5.20. The second-order valence-corrected chi connectivity index (χ2v) is 5.05. The van der Waals surface area contributed by atoms with Gasteiger partial charge in [-0.05, 0) is 48.2 Å². The molecule has 0 spiro atoms. The zero-order valence-electron chi connectivity index (χ0n) is 7.68. The van der Waals surface area contributed by atoms with Gasteiger partial charge < -0.3 is 4.79 Å². The van der Waals surface area contributed by atoms with Crippen LogP contribution in [0.3, 0.4) is 0 Å². The van der Waals surface area contributed by atoms with Gasteiger partial charge in [-0.3, -0.25) is 0 Å². The summed E-state index contributed by atoms with van der Waals surface area (Å²) in [5.41, 5.74) is 0. The van der Waals surface area contributed by atoms with Crippen LogP contribution in [0.4, 0.5) is 0 Å². The number of Topliss-reactive ketones (excluding diaryl/α,β-unsaturated/α-hetero) is 1. The SMILES string of the molecule is CC(=O)CCCCc1cc(Br)cs1. The zero-order chi connectivity index (χ0) is 9.68. The maximum atomic E-state index is 10.7. The predicted octanol–water partition coefficient (Wildman–Crippen LogP) is 3.81. The van der Waals surface area contributed by atoms with Gasteiger partial charge in [0.15, 0.2) is 0 Å². The lowest BCUT2D eigenvalue weighted by atomic mass is 10.1. The van der Waals surface area contributed by atoms with Crippen molar-refractivity contribution >= 4 is 33.0 Å². The summed E-state index contributed by atoms with van der Waals surface area (Å²) in [4.78, 5) is 12.1. The van der Waals surface area contributed by atoms with E-state index in [1.807, 2.05) is 0 Å². The van der Waals surface area contributed by atoms with Crippen LogP contribution in [0.2, 0.25) is 0 Å². The molecular formula is C10H13BrOS. The first-order valence-electron chi connectivity index (χ1n) is 4.41. The van der Waals surface area contributed by atoms with Crippen LogP contribution in [0.5, 0.6) is 0 Å². The molecule has 0 radical (unpaired) electrons. The van der Waals surface area contributed by atoms with Crippen LogP contribution in [0, 0.1) is 0 Å². The van der Waals surface area contributed by atoms with E-state index in [9.17, 15) is 4.79 Å². The molecule has 0 saturated heterocycles. The van der Waals surface area contributed by atoms with Gasteiger partial charge in [-0.25, -0.2) is 0 Å². The Hall–Kier alpha value is -0.150. The summed E-state index contributed by atoms with van der Waals surface area (Å²) in [6.07, 6.45) is 3.97. The van der Waals surface area contributed by atoms with Gasteiger partial charge in [0.25, 0.3) is 0 Å². The number of rotatable bonds is 5. The number of halogens is 1. The molecule has 72 valence electrons. The van der Waals surface area contributed by atoms with E-state index in [1.54, 1.807) is 18.3 Å². The summed E-state index contributed by atoms with van der Waals surface area (Å²) in [7, 11) is 0. The minimum absolute atomic E-state index is 0.298. The second kappa shape index (κ2) is 5.55. The molecular weight excluding hydrogens is 248 g/mol. The lowest BCUT2D eigenvalue weighted by Crippen LogP contribution is -1.90. The van der Waals surface area contributed by atoms with E-state index in [0.29, 0.717) is 5.78 Å². The second-order valence-electron chi connectivity index (χ2n) is 3.14. The van der Waals surface area contributed by atoms with Gasteiger partial charge in [0.1, 0.15) is 5.78 Å². The monoisotopic (exact) mass is 260 g/mol. The van der Waals surface area contributed by atoms with Crippen LogP contribution in [0.1, 0.15) is 31.1 Å². The first kappa shape index (κ1) is 10.9. The van der Waals surface area contributed by atoms with Gasteiger partial charge in [-0.1, -0.05) is 0 Å². The van der Waals surface area contributed by atoms with Crippen molar-refractivity contribution in [2.24, 2.45) is 0 Å². The van der Waals surface area contributed by atoms with Crippen molar-refractivity contribution in [1.29, 1.82) is 0 Å². The standard InChI is InChI=1S/C10H13BrOS/c1-8(12)4-2-3-5-10-6-9(11)7-13-10/h6-7H,2-5H2,1H3. The van der Waals surface area contributed by atoms with Crippen molar-refractivity contribution in [1.82, 2.24) is 0 Å². The summed E-state index contributed by atoms with van der Waals surface area (Å²) in [5.74, 6) is 0.298. The van der Waals surface area contributed by atoms with E-state index in [1.165, 1.54) is 9.35 Å². The largest absolute Gasteiger partial charge is 0.300 e. The molecule has 13 heavy (non-hydrogen) atoms. The normalized spacial score (nSPS) is 10.3. The molecule has 0 aliphatic heterocycles. The Morgan fingerprint density at radius 1 is 1.54 bits per heavy atom. The van der Waals surface area contributed by atoms with Crippen molar-refractivity contribution in [3.8, 4) is 0 Å². The smallest absolute Gasteiger partial charge is 0.129 e. The van der Waals surface area contributed by atoms with Gasteiger partial charge in [-0.2, -0.15) is 0 Å². The average molecular weight is 261 g/mol. The van der Waals surface area contributed by atoms with Crippen LogP contribution in [-0.4, -0.2) is 5.78 Å². The molecule has 1 rings (SSSR count). The number of hydrogen-bond acceptors (Lipinski definition) is 2. The molecule has 0 amide bonds. The number of aryl methyl sites for hydroxylation is 1. The highest BCUT2D eigenvalue weighted by molar-refractivity contribution is 9.10. The van der Waals surface area contributed by atoms with Crippen LogP contribution < -0.4 is 0 Å². The molecule has 3 heteroatoms. The molecule has 0 aliphatic carbocycles. The highest BCUT2D eigenvalue weighted by Gasteiger charge is 1.98. The molecule has 0 unspecified atom stereocenters. The third kappa shape index (κ3) is 4.58. The van der Waals surface area contributed by atoms with Gasteiger partial charge >= 0.3 is 0 Å². The maximum Gasteiger partial charge on any atom is 0.129 e. The molecule has 1 aromatic heterocycles. The van der Waals surface area contributed by atoms with E-state index in [-0.39, 0.29) is 0 Å². The van der Waals surface area contributed by atoms with Crippen molar-refractivity contribution in [3.05, 3.63) is 20.8 Å². The Kier molecular flexibility index (Phi) is 4.67.